The number of halogens is 1. The molecule has 0 aromatic heterocycles. The summed E-state index contributed by atoms with van der Waals surface area (Å²) in [5.41, 5.74) is 1.20. The van der Waals surface area contributed by atoms with E-state index in [-0.39, 0.29) is 11.6 Å². The summed E-state index contributed by atoms with van der Waals surface area (Å²) in [7, 11) is 0. The number of anilines is 1. The zero-order valence-electron chi connectivity index (χ0n) is 9.33. The summed E-state index contributed by atoms with van der Waals surface area (Å²) in [6.45, 7) is 2.50. The molecule has 0 spiro atoms. The van der Waals surface area contributed by atoms with E-state index >= 15 is 0 Å². The second kappa shape index (κ2) is 4.86. The Bertz CT molecular complexity index is 471. The van der Waals surface area contributed by atoms with Crippen molar-refractivity contribution in [1.82, 2.24) is 0 Å². The summed E-state index contributed by atoms with van der Waals surface area (Å²) in [4.78, 5) is 11.7. The topological polar surface area (TPSA) is 47.6 Å². The molecule has 17 heavy (non-hydrogen) atoms. The fourth-order valence-corrected chi connectivity index (χ4v) is 1.44. The number of carbonyl (C=O) groups is 1. The number of ether oxygens (including phenoxy) is 2. The van der Waals surface area contributed by atoms with Gasteiger partial charge in [0.1, 0.15) is 25.3 Å². The lowest BCUT2D eigenvalue weighted by Gasteiger charge is -2.15. The Morgan fingerprint density at radius 3 is 2.88 bits per heavy atom. The summed E-state index contributed by atoms with van der Waals surface area (Å²) in [6.07, 6.45) is 1.28. The molecule has 1 aliphatic heterocycles. The van der Waals surface area contributed by atoms with Gasteiger partial charge < -0.3 is 14.8 Å². The van der Waals surface area contributed by atoms with Gasteiger partial charge in [0.15, 0.2) is 0 Å². The molecule has 0 unspecified atom stereocenters. The number of nitrogens with one attached hydrogen (secondary N) is 1. The molecule has 90 valence electrons. The van der Waals surface area contributed by atoms with E-state index in [4.69, 9.17) is 9.47 Å². The fourth-order valence-electron chi connectivity index (χ4n) is 1.44. The van der Waals surface area contributed by atoms with Crippen molar-refractivity contribution in [1.29, 1.82) is 0 Å². The first-order valence-electron chi connectivity index (χ1n) is 5.19. The van der Waals surface area contributed by atoms with Crippen LogP contribution in [0.25, 0.3) is 0 Å². The highest BCUT2D eigenvalue weighted by Crippen LogP contribution is 2.17. The van der Waals surface area contributed by atoms with E-state index in [0.717, 1.165) is 0 Å². The zero-order chi connectivity index (χ0) is 12.3. The van der Waals surface area contributed by atoms with Crippen molar-refractivity contribution in [2.24, 2.45) is 0 Å². The van der Waals surface area contributed by atoms with Crippen molar-refractivity contribution in [3.05, 3.63) is 41.6 Å². The molecule has 2 rings (SSSR count). The molecule has 5 heteroatoms. The van der Waals surface area contributed by atoms with E-state index in [0.29, 0.717) is 24.5 Å². The van der Waals surface area contributed by atoms with Gasteiger partial charge >= 0.3 is 0 Å². The average molecular weight is 237 g/mol. The van der Waals surface area contributed by atoms with Gasteiger partial charge in [-0.05, 0) is 30.7 Å². The molecule has 1 heterocycles. The van der Waals surface area contributed by atoms with Gasteiger partial charge in [0.25, 0.3) is 5.91 Å². The molecule has 1 aromatic carbocycles. The predicted octanol–water partition coefficient (Wildman–Crippen LogP) is 1.96. The molecule has 0 aliphatic carbocycles. The zero-order valence-corrected chi connectivity index (χ0v) is 9.33. The first-order valence-corrected chi connectivity index (χ1v) is 5.19. The maximum Gasteiger partial charge on any atom is 0.294 e. The molecular formula is C12H12FNO3. The molecule has 0 bridgehead atoms. The maximum absolute atomic E-state index is 12.9. The highest BCUT2D eigenvalue weighted by molar-refractivity contribution is 6.02. The largest absolute Gasteiger partial charge is 0.494 e. The van der Waals surface area contributed by atoms with E-state index in [9.17, 15) is 9.18 Å². The molecule has 0 saturated heterocycles. The quantitative estimate of drug-likeness (QED) is 0.855. The standard InChI is InChI=1S/C12H12FNO3/c1-8-6-9(13)2-3-10(8)14-12(15)11-7-16-4-5-17-11/h2-3,6-7H,4-5H2,1H3,(H,14,15). The van der Waals surface area contributed by atoms with Crippen LogP contribution < -0.4 is 5.32 Å². The normalized spacial score (nSPS) is 14.4. The summed E-state index contributed by atoms with van der Waals surface area (Å²) in [5.74, 6) is -0.614. The molecule has 1 amide bonds. The highest BCUT2D eigenvalue weighted by Gasteiger charge is 2.15. The van der Waals surface area contributed by atoms with Crippen LogP contribution in [0.15, 0.2) is 30.2 Å². The van der Waals surface area contributed by atoms with E-state index in [2.05, 4.69) is 5.32 Å². The number of hydrogen-bond acceptors (Lipinski definition) is 3. The van der Waals surface area contributed by atoms with Crippen molar-refractivity contribution in [3.63, 3.8) is 0 Å². The van der Waals surface area contributed by atoms with Crippen molar-refractivity contribution >= 4 is 11.6 Å². The summed E-state index contributed by atoms with van der Waals surface area (Å²) in [6, 6.07) is 4.14. The van der Waals surface area contributed by atoms with Crippen LogP contribution in [0.4, 0.5) is 10.1 Å². The van der Waals surface area contributed by atoms with Crippen molar-refractivity contribution in [2.75, 3.05) is 18.5 Å². The summed E-state index contributed by atoms with van der Waals surface area (Å²) < 4.78 is 23.0. The molecule has 1 aliphatic rings. The third-order valence-electron chi connectivity index (χ3n) is 2.31. The molecule has 0 radical (unpaired) electrons. The fraction of sp³-hybridized carbons (Fsp3) is 0.250. The number of hydrogen-bond donors (Lipinski definition) is 1. The Morgan fingerprint density at radius 1 is 1.41 bits per heavy atom. The molecule has 0 fully saturated rings. The number of aryl methyl sites for hydroxylation is 1. The number of rotatable bonds is 2. The smallest absolute Gasteiger partial charge is 0.294 e. The molecular weight excluding hydrogens is 225 g/mol. The Hall–Kier alpha value is -2.04. The third kappa shape index (κ3) is 2.75. The second-order valence-corrected chi connectivity index (χ2v) is 3.61. The van der Waals surface area contributed by atoms with E-state index in [1.54, 1.807) is 6.92 Å². The number of carbonyl (C=O) groups excluding carboxylic acids is 1. The maximum atomic E-state index is 12.9. The molecule has 0 saturated carbocycles. The van der Waals surface area contributed by atoms with Crippen LogP contribution in [-0.4, -0.2) is 19.1 Å². The van der Waals surface area contributed by atoms with Crippen LogP contribution in [0.2, 0.25) is 0 Å². The van der Waals surface area contributed by atoms with Crippen molar-refractivity contribution in [3.8, 4) is 0 Å². The lowest BCUT2D eigenvalue weighted by Crippen LogP contribution is -2.21. The Balaban J connectivity index is 2.10. The van der Waals surface area contributed by atoms with Crippen LogP contribution in [0.5, 0.6) is 0 Å². The van der Waals surface area contributed by atoms with Crippen molar-refractivity contribution in [2.45, 2.75) is 6.92 Å². The summed E-state index contributed by atoms with van der Waals surface area (Å²) in [5, 5.41) is 2.63. The highest BCUT2D eigenvalue weighted by atomic mass is 19.1. The second-order valence-electron chi connectivity index (χ2n) is 3.61. The summed E-state index contributed by atoms with van der Waals surface area (Å²) >= 11 is 0. The average Bonchev–Trinajstić information content (AvgIpc) is 2.34. The monoisotopic (exact) mass is 237 g/mol. The first kappa shape index (κ1) is 11.4. The molecule has 1 aromatic rings. The lowest BCUT2D eigenvalue weighted by molar-refractivity contribution is -0.117. The Morgan fingerprint density at radius 2 is 2.24 bits per heavy atom. The van der Waals surface area contributed by atoms with Gasteiger partial charge in [0.2, 0.25) is 5.76 Å². The Labute approximate surface area is 98.0 Å². The van der Waals surface area contributed by atoms with Crippen LogP contribution in [0.3, 0.4) is 0 Å². The minimum absolute atomic E-state index is 0.125. The van der Waals surface area contributed by atoms with Crippen LogP contribution in [-0.2, 0) is 14.3 Å². The molecule has 0 atom stereocenters. The van der Waals surface area contributed by atoms with Crippen LogP contribution in [0, 0.1) is 12.7 Å². The van der Waals surface area contributed by atoms with E-state index in [1.807, 2.05) is 0 Å². The molecule has 1 N–H and O–H groups in total. The van der Waals surface area contributed by atoms with Gasteiger partial charge in [-0.15, -0.1) is 0 Å². The Kier molecular flexibility index (Phi) is 3.27. The van der Waals surface area contributed by atoms with E-state index < -0.39 is 5.91 Å². The first-order chi connectivity index (χ1) is 8.16. The predicted molar refractivity (Wildman–Crippen MR) is 59.8 cm³/mol. The molecule has 4 nitrogen and oxygen atoms in total. The van der Waals surface area contributed by atoms with Gasteiger partial charge in [0, 0.05) is 5.69 Å². The lowest BCUT2D eigenvalue weighted by atomic mass is 10.2. The van der Waals surface area contributed by atoms with Crippen LogP contribution in [0.1, 0.15) is 5.56 Å². The van der Waals surface area contributed by atoms with Gasteiger partial charge in [0.05, 0.1) is 0 Å². The van der Waals surface area contributed by atoms with Gasteiger partial charge in [-0.1, -0.05) is 0 Å². The minimum Gasteiger partial charge on any atom is -0.494 e. The van der Waals surface area contributed by atoms with Crippen molar-refractivity contribution < 1.29 is 18.7 Å². The number of amides is 1. The van der Waals surface area contributed by atoms with Gasteiger partial charge in [-0.3, -0.25) is 4.79 Å². The van der Waals surface area contributed by atoms with Crippen LogP contribution >= 0.6 is 0 Å². The third-order valence-corrected chi connectivity index (χ3v) is 2.31. The van der Waals surface area contributed by atoms with E-state index in [1.165, 1.54) is 24.5 Å². The minimum atomic E-state index is -0.403. The van der Waals surface area contributed by atoms with Gasteiger partial charge in [-0.2, -0.15) is 0 Å². The number of benzene rings is 1. The SMILES string of the molecule is Cc1cc(F)ccc1NC(=O)C1=COCCO1. The van der Waals surface area contributed by atoms with Gasteiger partial charge in [-0.25, -0.2) is 4.39 Å².